The molecule has 1 N–H and O–H groups in total. The fraction of sp³-hybridized carbons (Fsp3) is 0.667. The number of hydrogen-bond acceptors (Lipinski definition) is 4. The predicted molar refractivity (Wildman–Crippen MR) is 82.2 cm³/mol. The number of aromatic nitrogens is 2. The van der Waals surface area contributed by atoms with Gasteiger partial charge in [0.15, 0.2) is 0 Å². The molecule has 1 aromatic heterocycles. The van der Waals surface area contributed by atoms with Crippen molar-refractivity contribution < 1.29 is 4.79 Å². The van der Waals surface area contributed by atoms with E-state index >= 15 is 0 Å². The van der Waals surface area contributed by atoms with Crippen molar-refractivity contribution in [3.63, 3.8) is 0 Å². The molecule has 0 bridgehead atoms. The Balaban J connectivity index is 2.96. The molecule has 0 aliphatic heterocycles. The number of nitrogens with one attached hydrogen (secondary N) is 1. The van der Waals surface area contributed by atoms with Crippen molar-refractivity contribution in [3.05, 3.63) is 17.6 Å². The number of rotatable bonds is 8. The van der Waals surface area contributed by atoms with Crippen molar-refractivity contribution in [1.29, 1.82) is 0 Å². The average Bonchev–Trinajstić information content (AvgIpc) is 2.43. The monoisotopic (exact) mass is 278 g/mol. The molecule has 0 saturated heterocycles. The Labute approximate surface area is 121 Å². The van der Waals surface area contributed by atoms with Gasteiger partial charge in [-0.3, -0.25) is 4.79 Å². The molecule has 20 heavy (non-hydrogen) atoms. The van der Waals surface area contributed by atoms with Gasteiger partial charge in [0.25, 0.3) is 5.91 Å². The first-order valence-corrected chi connectivity index (χ1v) is 7.51. The molecule has 0 fully saturated rings. The second-order valence-corrected chi connectivity index (χ2v) is 4.90. The van der Waals surface area contributed by atoms with Gasteiger partial charge < -0.3 is 10.2 Å². The van der Waals surface area contributed by atoms with Gasteiger partial charge in [-0.05, 0) is 26.2 Å². The van der Waals surface area contributed by atoms with Crippen LogP contribution in [0.4, 0.5) is 5.82 Å². The number of carbonyl (C=O) groups excluding carboxylic acids is 1. The van der Waals surface area contributed by atoms with Crippen LogP contribution in [0.2, 0.25) is 0 Å². The summed E-state index contributed by atoms with van der Waals surface area (Å²) in [6, 6.07) is 1.79. The Hall–Kier alpha value is -1.65. The second-order valence-electron chi connectivity index (χ2n) is 4.90. The van der Waals surface area contributed by atoms with E-state index < -0.39 is 0 Å². The van der Waals surface area contributed by atoms with E-state index in [1.807, 2.05) is 13.8 Å². The van der Waals surface area contributed by atoms with Gasteiger partial charge in [-0.1, -0.05) is 20.8 Å². The molecule has 0 spiro atoms. The van der Waals surface area contributed by atoms with Crippen molar-refractivity contribution >= 4 is 11.7 Å². The molecule has 0 aliphatic carbocycles. The Morgan fingerprint density at radius 3 is 2.35 bits per heavy atom. The van der Waals surface area contributed by atoms with Crippen LogP contribution in [0.25, 0.3) is 0 Å². The lowest BCUT2D eigenvalue weighted by Crippen LogP contribution is -2.29. The summed E-state index contributed by atoms with van der Waals surface area (Å²) in [5, 5.41) is 2.86. The lowest BCUT2D eigenvalue weighted by atomic mass is 10.3. The maximum Gasteiger partial charge on any atom is 0.270 e. The predicted octanol–water partition coefficient (Wildman–Crippen LogP) is 2.55. The van der Waals surface area contributed by atoms with E-state index in [0.717, 1.165) is 38.2 Å². The average molecular weight is 278 g/mol. The molecule has 0 saturated carbocycles. The van der Waals surface area contributed by atoms with Gasteiger partial charge in [0, 0.05) is 25.7 Å². The normalized spacial score (nSPS) is 10.4. The van der Waals surface area contributed by atoms with Crippen LogP contribution in [0.5, 0.6) is 0 Å². The third kappa shape index (κ3) is 4.79. The summed E-state index contributed by atoms with van der Waals surface area (Å²) in [7, 11) is 0. The fourth-order valence-corrected chi connectivity index (χ4v) is 2.04. The van der Waals surface area contributed by atoms with Gasteiger partial charge in [-0.25, -0.2) is 9.97 Å². The van der Waals surface area contributed by atoms with E-state index in [4.69, 9.17) is 0 Å². The highest BCUT2D eigenvalue weighted by Gasteiger charge is 2.13. The molecular weight excluding hydrogens is 252 g/mol. The first-order valence-electron chi connectivity index (χ1n) is 7.51. The van der Waals surface area contributed by atoms with Crippen LogP contribution in [0.1, 0.15) is 56.3 Å². The zero-order valence-corrected chi connectivity index (χ0v) is 13.1. The van der Waals surface area contributed by atoms with E-state index in [-0.39, 0.29) is 5.91 Å². The maximum absolute atomic E-state index is 12.0. The van der Waals surface area contributed by atoms with Crippen molar-refractivity contribution in [1.82, 2.24) is 15.3 Å². The minimum atomic E-state index is -0.119. The molecule has 0 atom stereocenters. The lowest BCUT2D eigenvalue weighted by molar-refractivity contribution is 0.0948. The summed E-state index contributed by atoms with van der Waals surface area (Å²) >= 11 is 0. The SMILES string of the molecule is CCCNC(=O)c1cc(N(CCC)CCC)nc(C)n1. The highest BCUT2D eigenvalue weighted by atomic mass is 16.1. The number of amides is 1. The molecular formula is C15H26N4O. The standard InChI is InChI=1S/C15H26N4O/c1-5-8-16-15(20)13-11-14(18-12(4)17-13)19(9-6-2)10-7-3/h11H,5-10H2,1-4H3,(H,16,20). The third-order valence-corrected chi connectivity index (χ3v) is 2.90. The smallest absolute Gasteiger partial charge is 0.270 e. The second kappa shape index (κ2) is 8.51. The molecule has 1 aromatic rings. The molecule has 5 heteroatoms. The summed E-state index contributed by atoms with van der Waals surface area (Å²) in [6.07, 6.45) is 3.03. The van der Waals surface area contributed by atoms with Crippen molar-refractivity contribution in [2.75, 3.05) is 24.5 Å². The van der Waals surface area contributed by atoms with Crippen LogP contribution < -0.4 is 10.2 Å². The maximum atomic E-state index is 12.0. The van der Waals surface area contributed by atoms with Gasteiger partial charge in [0.1, 0.15) is 17.3 Å². The summed E-state index contributed by atoms with van der Waals surface area (Å²) < 4.78 is 0. The summed E-state index contributed by atoms with van der Waals surface area (Å²) in [4.78, 5) is 22.9. The quantitative estimate of drug-likeness (QED) is 0.794. The van der Waals surface area contributed by atoms with Crippen molar-refractivity contribution in [2.45, 2.75) is 47.0 Å². The molecule has 0 aromatic carbocycles. The minimum Gasteiger partial charge on any atom is -0.357 e. The van der Waals surface area contributed by atoms with Crippen molar-refractivity contribution in [3.8, 4) is 0 Å². The van der Waals surface area contributed by atoms with Gasteiger partial charge in [0.2, 0.25) is 0 Å². The number of carbonyl (C=O) groups is 1. The summed E-state index contributed by atoms with van der Waals surface area (Å²) in [6.45, 7) is 10.7. The molecule has 0 aliphatic rings. The van der Waals surface area contributed by atoms with Crippen LogP contribution in [0.15, 0.2) is 6.07 Å². The topological polar surface area (TPSA) is 58.1 Å². The van der Waals surface area contributed by atoms with E-state index in [1.165, 1.54) is 0 Å². The van der Waals surface area contributed by atoms with Crippen LogP contribution >= 0.6 is 0 Å². The Kier molecular flexibility index (Phi) is 6.98. The molecule has 1 heterocycles. The fourth-order valence-electron chi connectivity index (χ4n) is 2.04. The molecule has 1 amide bonds. The highest BCUT2D eigenvalue weighted by Crippen LogP contribution is 2.14. The van der Waals surface area contributed by atoms with Gasteiger partial charge in [-0.15, -0.1) is 0 Å². The zero-order valence-electron chi connectivity index (χ0n) is 13.1. The number of aryl methyl sites for hydroxylation is 1. The largest absolute Gasteiger partial charge is 0.357 e. The van der Waals surface area contributed by atoms with E-state index in [2.05, 4.69) is 34.0 Å². The molecule has 0 unspecified atom stereocenters. The van der Waals surface area contributed by atoms with Gasteiger partial charge in [0.05, 0.1) is 0 Å². The molecule has 0 radical (unpaired) electrons. The van der Waals surface area contributed by atoms with Gasteiger partial charge in [-0.2, -0.15) is 0 Å². The van der Waals surface area contributed by atoms with E-state index in [0.29, 0.717) is 18.1 Å². The Morgan fingerprint density at radius 1 is 1.15 bits per heavy atom. The third-order valence-electron chi connectivity index (χ3n) is 2.90. The summed E-state index contributed by atoms with van der Waals surface area (Å²) in [5.41, 5.74) is 0.457. The van der Waals surface area contributed by atoms with Crippen molar-refractivity contribution in [2.24, 2.45) is 0 Å². The zero-order chi connectivity index (χ0) is 15.0. The highest BCUT2D eigenvalue weighted by molar-refractivity contribution is 5.92. The van der Waals surface area contributed by atoms with E-state index in [9.17, 15) is 4.79 Å². The number of hydrogen-bond donors (Lipinski definition) is 1. The first-order chi connectivity index (χ1) is 9.62. The minimum absolute atomic E-state index is 0.119. The number of anilines is 1. The molecule has 5 nitrogen and oxygen atoms in total. The van der Waals surface area contributed by atoms with Gasteiger partial charge >= 0.3 is 0 Å². The number of nitrogens with zero attached hydrogens (tertiary/aromatic N) is 3. The van der Waals surface area contributed by atoms with Crippen LogP contribution in [-0.2, 0) is 0 Å². The lowest BCUT2D eigenvalue weighted by Gasteiger charge is -2.23. The molecule has 112 valence electrons. The summed E-state index contributed by atoms with van der Waals surface area (Å²) in [5.74, 6) is 1.37. The van der Waals surface area contributed by atoms with Crippen LogP contribution in [0, 0.1) is 6.92 Å². The van der Waals surface area contributed by atoms with E-state index in [1.54, 1.807) is 6.07 Å². The van der Waals surface area contributed by atoms with Crippen LogP contribution in [0.3, 0.4) is 0 Å². The first kappa shape index (κ1) is 16.4. The van der Waals surface area contributed by atoms with Crippen LogP contribution in [-0.4, -0.2) is 35.5 Å². The molecule has 1 rings (SSSR count). The Bertz CT molecular complexity index is 428. The Morgan fingerprint density at radius 2 is 1.80 bits per heavy atom.